The van der Waals surface area contributed by atoms with Crippen LogP contribution in [0.25, 0.3) is 11.4 Å². The zero-order valence-electron chi connectivity index (χ0n) is 12.0. The molecule has 0 radical (unpaired) electrons. The van der Waals surface area contributed by atoms with Gasteiger partial charge >= 0.3 is 0 Å². The Labute approximate surface area is 120 Å². The van der Waals surface area contributed by atoms with Gasteiger partial charge in [0.25, 0.3) is 0 Å². The fourth-order valence-electron chi connectivity index (χ4n) is 2.92. The molecule has 2 aromatic heterocycles. The minimum absolute atomic E-state index is 0.619. The molecule has 20 heavy (non-hydrogen) atoms. The average Bonchev–Trinajstić information content (AvgIpc) is 2.97. The highest BCUT2D eigenvalue weighted by molar-refractivity contribution is 5.55. The summed E-state index contributed by atoms with van der Waals surface area (Å²) in [7, 11) is 0. The van der Waals surface area contributed by atoms with Gasteiger partial charge in [-0.15, -0.1) is 0 Å². The Kier molecular flexibility index (Phi) is 4.11. The molecule has 1 aliphatic rings. The smallest absolute Gasteiger partial charge is 0.0885 e. The van der Waals surface area contributed by atoms with Gasteiger partial charge in [-0.2, -0.15) is 5.10 Å². The highest BCUT2D eigenvalue weighted by Crippen LogP contribution is 2.26. The van der Waals surface area contributed by atoms with Crippen LogP contribution >= 0.6 is 0 Å². The number of hydrogen-bond donors (Lipinski definition) is 1. The fraction of sp³-hybridized carbons (Fsp3) is 0.500. The van der Waals surface area contributed by atoms with E-state index in [1.54, 1.807) is 0 Å². The summed E-state index contributed by atoms with van der Waals surface area (Å²) in [6.45, 7) is 5.34. The Hall–Kier alpha value is -1.68. The van der Waals surface area contributed by atoms with Gasteiger partial charge in [0.2, 0.25) is 0 Å². The molecule has 0 amide bonds. The first-order valence-corrected chi connectivity index (χ1v) is 7.57. The number of aryl methyl sites for hydroxylation is 1. The second-order valence-electron chi connectivity index (χ2n) is 5.46. The van der Waals surface area contributed by atoms with Crippen molar-refractivity contribution < 1.29 is 0 Å². The molecule has 1 saturated heterocycles. The summed E-state index contributed by atoms with van der Waals surface area (Å²) in [4.78, 5) is 4.54. The summed E-state index contributed by atoms with van der Waals surface area (Å²) in [5.74, 6) is 0.619. The molecule has 1 fully saturated rings. The van der Waals surface area contributed by atoms with Crippen LogP contribution in [0.3, 0.4) is 0 Å². The van der Waals surface area contributed by atoms with Crippen molar-refractivity contribution >= 4 is 0 Å². The lowest BCUT2D eigenvalue weighted by atomic mass is 9.92. The SMILES string of the molecule is CCCn1nccc1-c1cc([C@H]2CCCNC2)ccn1. The van der Waals surface area contributed by atoms with E-state index in [0.29, 0.717) is 5.92 Å². The third kappa shape index (κ3) is 2.75. The lowest BCUT2D eigenvalue weighted by molar-refractivity contribution is 0.461. The molecule has 0 bridgehead atoms. The Balaban J connectivity index is 1.88. The molecule has 3 heterocycles. The molecular weight excluding hydrogens is 248 g/mol. The van der Waals surface area contributed by atoms with Crippen LogP contribution in [0.4, 0.5) is 0 Å². The number of nitrogens with zero attached hydrogens (tertiary/aromatic N) is 3. The topological polar surface area (TPSA) is 42.7 Å². The van der Waals surface area contributed by atoms with Crippen LogP contribution in [-0.4, -0.2) is 27.9 Å². The third-order valence-electron chi connectivity index (χ3n) is 3.97. The van der Waals surface area contributed by atoms with Crippen molar-refractivity contribution in [2.24, 2.45) is 0 Å². The van der Waals surface area contributed by atoms with Crippen molar-refractivity contribution in [2.45, 2.75) is 38.6 Å². The predicted octanol–water partition coefficient (Wildman–Crippen LogP) is 2.82. The van der Waals surface area contributed by atoms with E-state index in [2.05, 4.69) is 40.5 Å². The van der Waals surface area contributed by atoms with Crippen LogP contribution in [0.15, 0.2) is 30.6 Å². The van der Waals surface area contributed by atoms with Gasteiger partial charge in [0.1, 0.15) is 0 Å². The summed E-state index contributed by atoms with van der Waals surface area (Å²) < 4.78 is 2.05. The van der Waals surface area contributed by atoms with Crippen LogP contribution in [0, 0.1) is 0 Å². The van der Waals surface area contributed by atoms with Crippen molar-refractivity contribution in [3.05, 3.63) is 36.2 Å². The van der Waals surface area contributed by atoms with E-state index in [4.69, 9.17) is 0 Å². The predicted molar refractivity (Wildman–Crippen MR) is 80.6 cm³/mol. The molecule has 106 valence electrons. The number of nitrogens with one attached hydrogen (secondary N) is 1. The zero-order valence-corrected chi connectivity index (χ0v) is 12.0. The van der Waals surface area contributed by atoms with Gasteiger partial charge in [-0.25, -0.2) is 0 Å². The summed E-state index contributed by atoms with van der Waals surface area (Å²) in [6.07, 6.45) is 7.41. The minimum atomic E-state index is 0.619. The molecule has 0 saturated carbocycles. The maximum Gasteiger partial charge on any atom is 0.0885 e. The maximum atomic E-state index is 4.54. The quantitative estimate of drug-likeness (QED) is 0.929. The normalized spacial score (nSPS) is 19.1. The molecule has 0 aliphatic carbocycles. The van der Waals surface area contributed by atoms with Gasteiger partial charge in [-0.3, -0.25) is 9.67 Å². The lowest BCUT2D eigenvalue weighted by Crippen LogP contribution is -2.28. The molecule has 0 aromatic carbocycles. The summed E-state index contributed by atoms with van der Waals surface area (Å²) in [5.41, 5.74) is 3.56. The summed E-state index contributed by atoms with van der Waals surface area (Å²) in [5, 5.41) is 7.87. The van der Waals surface area contributed by atoms with Gasteiger partial charge in [0.05, 0.1) is 11.4 Å². The van der Waals surface area contributed by atoms with Crippen LogP contribution in [-0.2, 0) is 6.54 Å². The van der Waals surface area contributed by atoms with Crippen molar-refractivity contribution in [3.8, 4) is 11.4 Å². The standard InChI is InChI=1S/C16H22N4/c1-2-10-20-16(6-9-19-20)15-11-13(5-8-18-15)14-4-3-7-17-12-14/h5-6,8-9,11,14,17H,2-4,7,10,12H2,1H3/t14-/m0/s1. The largest absolute Gasteiger partial charge is 0.316 e. The van der Waals surface area contributed by atoms with Crippen molar-refractivity contribution in [3.63, 3.8) is 0 Å². The lowest BCUT2D eigenvalue weighted by Gasteiger charge is -2.23. The molecule has 4 heteroatoms. The second-order valence-corrected chi connectivity index (χ2v) is 5.46. The number of aromatic nitrogens is 3. The van der Waals surface area contributed by atoms with Gasteiger partial charge in [-0.1, -0.05) is 6.92 Å². The van der Waals surface area contributed by atoms with E-state index in [9.17, 15) is 0 Å². The summed E-state index contributed by atoms with van der Waals surface area (Å²) >= 11 is 0. The minimum Gasteiger partial charge on any atom is -0.316 e. The average molecular weight is 270 g/mol. The Morgan fingerprint density at radius 1 is 1.35 bits per heavy atom. The van der Waals surface area contributed by atoms with Crippen molar-refractivity contribution in [2.75, 3.05) is 13.1 Å². The Morgan fingerprint density at radius 3 is 3.10 bits per heavy atom. The van der Waals surface area contributed by atoms with E-state index in [0.717, 1.165) is 37.4 Å². The monoisotopic (exact) mass is 270 g/mol. The summed E-state index contributed by atoms with van der Waals surface area (Å²) in [6, 6.07) is 6.45. The number of pyridine rings is 1. The molecule has 0 spiro atoms. The van der Waals surface area contributed by atoms with Gasteiger partial charge in [0.15, 0.2) is 0 Å². The van der Waals surface area contributed by atoms with Crippen molar-refractivity contribution in [1.82, 2.24) is 20.1 Å². The molecule has 1 N–H and O–H groups in total. The van der Waals surface area contributed by atoms with Gasteiger partial charge < -0.3 is 5.32 Å². The first kappa shape index (κ1) is 13.3. The molecule has 1 atom stereocenters. The highest BCUT2D eigenvalue weighted by Gasteiger charge is 2.16. The third-order valence-corrected chi connectivity index (χ3v) is 3.97. The van der Waals surface area contributed by atoms with Gasteiger partial charge in [-0.05, 0) is 55.5 Å². The van der Waals surface area contributed by atoms with E-state index < -0.39 is 0 Å². The van der Waals surface area contributed by atoms with Gasteiger partial charge in [0, 0.05) is 25.5 Å². The first-order valence-electron chi connectivity index (χ1n) is 7.57. The number of rotatable bonds is 4. The van der Waals surface area contributed by atoms with Crippen LogP contribution in [0.2, 0.25) is 0 Å². The molecule has 4 nitrogen and oxygen atoms in total. The Bertz CT molecular complexity index is 555. The fourth-order valence-corrected chi connectivity index (χ4v) is 2.92. The molecule has 2 aromatic rings. The second kappa shape index (κ2) is 6.18. The van der Waals surface area contributed by atoms with E-state index in [-0.39, 0.29) is 0 Å². The van der Waals surface area contributed by atoms with Crippen LogP contribution < -0.4 is 5.32 Å². The van der Waals surface area contributed by atoms with E-state index in [1.807, 2.05) is 17.1 Å². The maximum absolute atomic E-state index is 4.54. The Morgan fingerprint density at radius 2 is 2.30 bits per heavy atom. The number of piperidine rings is 1. The van der Waals surface area contributed by atoms with E-state index in [1.165, 1.54) is 18.4 Å². The first-order chi connectivity index (χ1) is 9.88. The molecular formula is C16H22N4. The highest BCUT2D eigenvalue weighted by atomic mass is 15.3. The van der Waals surface area contributed by atoms with Crippen molar-refractivity contribution in [1.29, 1.82) is 0 Å². The van der Waals surface area contributed by atoms with Crippen LogP contribution in [0.1, 0.15) is 37.7 Å². The molecule has 3 rings (SSSR count). The molecule has 0 unspecified atom stereocenters. The van der Waals surface area contributed by atoms with Crippen LogP contribution in [0.5, 0.6) is 0 Å². The van der Waals surface area contributed by atoms with E-state index >= 15 is 0 Å². The number of hydrogen-bond acceptors (Lipinski definition) is 3. The molecule has 1 aliphatic heterocycles. The zero-order chi connectivity index (χ0) is 13.8.